The van der Waals surface area contributed by atoms with Crippen LogP contribution in [0.5, 0.6) is 17.4 Å². The maximum absolute atomic E-state index is 14.1. The van der Waals surface area contributed by atoms with Crippen LogP contribution in [-0.4, -0.2) is 31.7 Å². The molecule has 1 heterocycles. The molecule has 140 valence electrons. The van der Waals surface area contributed by atoms with Crippen LogP contribution in [0.25, 0.3) is 0 Å². The van der Waals surface area contributed by atoms with Gasteiger partial charge in [-0.05, 0) is 26.0 Å². The minimum Gasteiger partial charge on any atom is -0.475 e. The molecule has 2 rings (SSSR count). The smallest absolute Gasteiger partial charge is 0.267 e. The average molecular weight is 386 g/mol. The van der Waals surface area contributed by atoms with E-state index in [2.05, 4.69) is 4.98 Å². The Kier molecular flexibility index (Phi) is 5.76. The summed E-state index contributed by atoms with van der Waals surface area (Å²) in [5.74, 6) is -3.51. The van der Waals surface area contributed by atoms with Crippen molar-refractivity contribution in [1.82, 2.24) is 9.71 Å². The van der Waals surface area contributed by atoms with E-state index in [1.807, 2.05) is 13.8 Å². The molecule has 0 spiro atoms. The van der Waals surface area contributed by atoms with Gasteiger partial charge in [-0.25, -0.2) is 26.9 Å². The van der Waals surface area contributed by atoms with Crippen LogP contribution >= 0.6 is 0 Å². The fraction of sp³-hybridized carbons (Fsp3) is 0.250. The van der Waals surface area contributed by atoms with Crippen LogP contribution < -0.4 is 14.2 Å². The van der Waals surface area contributed by atoms with Gasteiger partial charge in [-0.1, -0.05) is 0 Å². The molecule has 7 nitrogen and oxygen atoms in total. The summed E-state index contributed by atoms with van der Waals surface area (Å²) in [6.07, 6.45) is 1.90. The normalized spacial score (nSPS) is 11.3. The molecule has 0 bridgehead atoms. The van der Waals surface area contributed by atoms with E-state index in [-0.39, 0.29) is 11.9 Å². The van der Waals surface area contributed by atoms with Gasteiger partial charge in [0.15, 0.2) is 11.6 Å². The minimum absolute atomic E-state index is 0.0774. The second-order valence-corrected chi connectivity index (χ2v) is 7.32. The Hall–Kier alpha value is -2.75. The van der Waals surface area contributed by atoms with Gasteiger partial charge in [0.25, 0.3) is 5.91 Å². The van der Waals surface area contributed by atoms with Crippen LogP contribution in [0.2, 0.25) is 0 Å². The van der Waals surface area contributed by atoms with E-state index in [0.717, 1.165) is 6.26 Å². The van der Waals surface area contributed by atoms with Crippen molar-refractivity contribution in [3.63, 3.8) is 0 Å². The lowest BCUT2D eigenvalue weighted by Gasteiger charge is -2.11. The Labute approximate surface area is 149 Å². The van der Waals surface area contributed by atoms with Crippen molar-refractivity contribution in [2.45, 2.75) is 20.0 Å². The maximum atomic E-state index is 14.1. The minimum atomic E-state index is -3.91. The van der Waals surface area contributed by atoms with E-state index >= 15 is 0 Å². The van der Waals surface area contributed by atoms with Crippen LogP contribution in [0.1, 0.15) is 24.2 Å². The van der Waals surface area contributed by atoms with Gasteiger partial charge in [-0.15, -0.1) is 0 Å². The van der Waals surface area contributed by atoms with Crippen molar-refractivity contribution in [1.29, 1.82) is 0 Å². The fourth-order valence-electron chi connectivity index (χ4n) is 1.87. The molecule has 0 saturated heterocycles. The van der Waals surface area contributed by atoms with Crippen molar-refractivity contribution in [3.05, 3.63) is 47.7 Å². The number of ether oxygens (including phenoxy) is 2. The highest BCUT2D eigenvalue weighted by molar-refractivity contribution is 7.89. The number of aromatic nitrogens is 1. The first-order valence-corrected chi connectivity index (χ1v) is 9.26. The number of halogens is 2. The van der Waals surface area contributed by atoms with Gasteiger partial charge in [-0.3, -0.25) is 4.79 Å². The standard InChI is InChI=1S/C16H16F2N2O5S/c1-9(2)24-15-5-4-10(8-19-15)25-14-7-12(17)11(6-13(14)18)16(21)20-26(3,22)23/h4-9H,1-3H3,(H,20,21). The monoisotopic (exact) mass is 386 g/mol. The number of hydrogen-bond acceptors (Lipinski definition) is 6. The summed E-state index contributed by atoms with van der Waals surface area (Å²) < 4.78 is 62.3. The Morgan fingerprint density at radius 2 is 1.88 bits per heavy atom. The zero-order valence-electron chi connectivity index (χ0n) is 14.1. The zero-order valence-corrected chi connectivity index (χ0v) is 14.9. The molecular weight excluding hydrogens is 370 g/mol. The molecule has 10 heteroatoms. The number of amides is 1. The number of carbonyl (C=O) groups excluding carboxylic acids is 1. The van der Waals surface area contributed by atoms with Gasteiger partial charge in [-0.2, -0.15) is 0 Å². The van der Waals surface area contributed by atoms with Crippen molar-refractivity contribution in [2.75, 3.05) is 6.26 Å². The van der Waals surface area contributed by atoms with E-state index in [1.165, 1.54) is 18.3 Å². The lowest BCUT2D eigenvalue weighted by atomic mass is 10.2. The molecule has 1 amide bonds. The molecule has 1 N–H and O–H groups in total. The van der Waals surface area contributed by atoms with Gasteiger partial charge >= 0.3 is 0 Å². The molecule has 26 heavy (non-hydrogen) atoms. The van der Waals surface area contributed by atoms with Gasteiger partial charge in [0, 0.05) is 12.1 Å². The van der Waals surface area contributed by atoms with Crippen LogP contribution in [0.3, 0.4) is 0 Å². The number of sulfonamides is 1. The summed E-state index contributed by atoms with van der Waals surface area (Å²) in [7, 11) is -3.91. The summed E-state index contributed by atoms with van der Waals surface area (Å²) in [4.78, 5) is 15.6. The average Bonchev–Trinajstić information content (AvgIpc) is 2.50. The summed E-state index contributed by atoms with van der Waals surface area (Å²) >= 11 is 0. The molecule has 2 aromatic rings. The molecule has 0 aliphatic carbocycles. The van der Waals surface area contributed by atoms with Crippen molar-refractivity contribution >= 4 is 15.9 Å². The van der Waals surface area contributed by atoms with E-state index in [1.54, 1.807) is 4.72 Å². The quantitative estimate of drug-likeness (QED) is 0.820. The number of benzene rings is 1. The predicted molar refractivity (Wildman–Crippen MR) is 88.7 cm³/mol. The van der Waals surface area contributed by atoms with E-state index in [4.69, 9.17) is 9.47 Å². The lowest BCUT2D eigenvalue weighted by molar-refractivity contribution is 0.0977. The molecule has 0 aliphatic heterocycles. The zero-order chi connectivity index (χ0) is 19.5. The van der Waals surface area contributed by atoms with E-state index in [0.29, 0.717) is 18.0 Å². The number of hydrogen-bond donors (Lipinski definition) is 1. The number of nitrogens with zero attached hydrogens (tertiary/aromatic N) is 1. The third-order valence-electron chi connectivity index (χ3n) is 2.84. The Morgan fingerprint density at radius 1 is 1.19 bits per heavy atom. The molecule has 0 saturated carbocycles. The van der Waals surface area contributed by atoms with E-state index in [9.17, 15) is 22.0 Å². The molecule has 0 unspecified atom stereocenters. The highest BCUT2D eigenvalue weighted by Crippen LogP contribution is 2.27. The third-order valence-corrected chi connectivity index (χ3v) is 3.39. The summed E-state index contributed by atoms with van der Waals surface area (Å²) in [5, 5.41) is 0. The fourth-order valence-corrected chi connectivity index (χ4v) is 2.32. The van der Waals surface area contributed by atoms with Crippen LogP contribution in [0.4, 0.5) is 8.78 Å². The molecule has 1 aromatic carbocycles. The summed E-state index contributed by atoms with van der Waals surface area (Å²) in [6.45, 7) is 3.65. The van der Waals surface area contributed by atoms with Crippen molar-refractivity contribution < 1.29 is 31.5 Å². The molecule has 0 atom stereocenters. The molecular formula is C16H16F2N2O5S. The first-order valence-electron chi connectivity index (χ1n) is 7.37. The largest absolute Gasteiger partial charge is 0.475 e. The topological polar surface area (TPSA) is 94.6 Å². The van der Waals surface area contributed by atoms with Crippen LogP contribution in [0.15, 0.2) is 30.5 Å². The highest BCUT2D eigenvalue weighted by Gasteiger charge is 2.20. The number of rotatable bonds is 6. The van der Waals surface area contributed by atoms with Gasteiger partial charge in [0.1, 0.15) is 11.6 Å². The van der Waals surface area contributed by atoms with Crippen LogP contribution in [-0.2, 0) is 10.0 Å². The Morgan fingerprint density at radius 3 is 2.42 bits per heavy atom. The van der Waals surface area contributed by atoms with Gasteiger partial charge < -0.3 is 9.47 Å². The first kappa shape index (κ1) is 19.6. The van der Waals surface area contributed by atoms with Crippen molar-refractivity contribution in [2.24, 2.45) is 0 Å². The second-order valence-electron chi connectivity index (χ2n) is 5.57. The van der Waals surface area contributed by atoms with Gasteiger partial charge in [0.05, 0.1) is 24.1 Å². The number of carbonyl (C=O) groups is 1. The molecule has 1 aromatic heterocycles. The first-order chi connectivity index (χ1) is 12.0. The molecule has 0 fully saturated rings. The lowest BCUT2D eigenvalue weighted by Crippen LogP contribution is -2.30. The van der Waals surface area contributed by atoms with E-state index < -0.39 is 38.9 Å². The van der Waals surface area contributed by atoms with Gasteiger partial charge in [0.2, 0.25) is 15.9 Å². The number of nitrogens with one attached hydrogen (secondary N) is 1. The maximum Gasteiger partial charge on any atom is 0.267 e. The highest BCUT2D eigenvalue weighted by atomic mass is 32.2. The second kappa shape index (κ2) is 7.65. The molecule has 0 aliphatic rings. The Bertz CT molecular complexity index is 915. The SMILES string of the molecule is CC(C)Oc1ccc(Oc2cc(F)c(C(=O)NS(C)(=O)=O)cc2F)cn1. The third kappa shape index (κ3) is 5.38. The Balaban J connectivity index is 2.21. The van der Waals surface area contributed by atoms with Crippen LogP contribution in [0, 0.1) is 11.6 Å². The van der Waals surface area contributed by atoms with Crippen molar-refractivity contribution in [3.8, 4) is 17.4 Å². The summed E-state index contributed by atoms with van der Waals surface area (Å²) in [6, 6.07) is 4.14. The number of pyridine rings is 1. The summed E-state index contributed by atoms with van der Waals surface area (Å²) in [5.41, 5.74) is -0.765. The molecule has 0 radical (unpaired) electrons. The predicted octanol–water partition coefficient (Wildman–Crippen LogP) is 2.63.